The quantitative estimate of drug-likeness (QED) is 0.313. The number of nitrogens with one attached hydrogen (secondary N) is 1. The Morgan fingerprint density at radius 3 is 2.23 bits per heavy atom. The molecule has 2 aliphatic rings. The number of carbonyl (C=O) groups is 4. The minimum Gasteiger partial charge on any atom is -0.481 e. The zero-order valence-corrected chi connectivity index (χ0v) is 19.8. The molecule has 2 aromatic rings. The van der Waals surface area contributed by atoms with Gasteiger partial charge in [0.15, 0.2) is 12.1 Å². The number of hydrogen-bond acceptors (Lipinski definition) is 6. The number of carboxylic acids is 1. The maximum atomic E-state index is 13.4. The molecule has 0 aliphatic carbocycles. The standard InChI is InChI=1S/C26H26N2O6S/c1-16-15-35-25-21(27-19(29)13-8-14-20(30)31)24(32)28(25)22(16)26(33)34-23(17-9-4-2-5-10-17)18-11-6-3-7-12-18/h2-7,9-12,21-23,25H,1,8,13-15H2,(H,27,29)(H,30,31)/t21-,22?,25-/m1/s1. The number of carboxylic acid groups (broad SMARTS) is 1. The highest BCUT2D eigenvalue weighted by Crippen LogP contribution is 2.41. The Labute approximate surface area is 207 Å². The Kier molecular flexibility index (Phi) is 7.55. The Balaban J connectivity index is 1.47. The van der Waals surface area contributed by atoms with Gasteiger partial charge in [0.05, 0.1) is 0 Å². The molecule has 2 fully saturated rings. The minimum absolute atomic E-state index is 0.0154. The van der Waals surface area contributed by atoms with E-state index in [2.05, 4.69) is 11.9 Å². The first kappa shape index (κ1) is 24.5. The number of hydrogen-bond donors (Lipinski definition) is 2. The lowest BCUT2D eigenvalue weighted by atomic mass is 9.97. The molecule has 35 heavy (non-hydrogen) atoms. The molecule has 0 saturated carbocycles. The van der Waals surface area contributed by atoms with Crippen molar-refractivity contribution < 1.29 is 29.0 Å². The highest BCUT2D eigenvalue weighted by Gasteiger charge is 2.56. The highest BCUT2D eigenvalue weighted by atomic mass is 32.2. The van der Waals surface area contributed by atoms with Gasteiger partial charge in [-0.25, -0.2) is 4.79 Å². The maximum absolute atomic E-state index is 13.4. The number of rotatable bonds is 9. The summed E-state index contributed by atoms with van der Waals surface area (Å²) in [6.45, 7) is 4.01. The minimum atomic E-state index is -0.976. The second-order valence-corrected chi connectivity index (χ2v) is 9.54. The first-order chi connectivity index (χ1) is 16.9. The molecule has 0 aromatic heterocycles. The van der Waals surface area contributed by atoms with Crippen LogP contribution in [0.15, 0.2) is 72.8 Å². The average molecular weight is 495 g/mol. The molecule has 4 rings (SSSR count). The smallest absolute Gasteiger partial charge is 0.334 e. The number of aliphatic carboxylic acids is 1. The Bertz CT molecular complexity index is 1080. The molecular formula is C26H26N2O6S. The van der Waals surface area contributed by atoms with Crippen LogP contribution in [-0.2, 0) is 23.9 Å². The second-order valence-electron chi connectivity index (χ2n) is 8.44. The van der Waals surface area contributed by atoms with Gasteiger partial charge < -0.3 is 20.1 Å². The molecule has 2 N–H and O–H groups in total. The molecule has 9 heteroatoms. The number of amides is 2. The number of thioether (sulfide) groups is 1. The number of esters is 1. The van der Waals surface area contributed by atoms with E-state index in [-0.39, 0.29) is 31.1 Å². The van der Waals surface area contributed by atoms with Crippen molar-refractivity contribution in [3.8, 4) is 0 Å². The first-order valence-electron chi connectivity index (χ1n) is 11.3. The van der Waals surface area contributed by atoms with E-state index >= 15 is 0 Å². The van der Waals surface area contributed by atoms with E-state index in [1.165, 1.54) is 16.7 Å². The molecule has 0 radical (unpaired) electrons. The molecule has 2 heterocycles. The van der Waals surface area contributed by atoms with Gasteiger partial charge in [-0.1, -0.05) is 67.2 Å². The highest BCUT2D eigenvalue weighted by molar-refractivity contribution is 8.00. The van der Waals surface area contributed by atoms with Crippen LogP contribution in [0.25, 0.3) is 0 Å². The van der Waals surface area contributed by atoms with E-state index in [0.717, 1.165) is 11.1 Å². The molecule has 182 valence electrons. The van der Waals surface area contributed by atoms with Crippen LogP contribution in [-0.4, -0.2) is 57.0 Å². The average Bonchev–Trinajstić information content (AvgIpc) is 2.86. The van der Waals surface area contributed by atoms with Crippen LogP contribution >= 0.6 is 11.8 Å². The summed E-state index contributed by atoms with van der Waals surface area (Å²) in [6, 6.07) is 17.1. The largest absolute Gasteiger partial charge is 0.481 e. The van der Waals surface area contributed by atoms with Gasteiger partial charge in [0.2, 0.25) is 11.8 Å². The Morgan fingerprint density at radius 1 is 1.06 bits per heavy atom. The molecule has 2 saturated heterocycles. The van der Waals surface area contributed by atoms with Crippen molar-refractivity contribution in [3.63, 3.8) is 0 Å². The number of fused-ring (bicyclic) bond motifs is 1. The predicted octanol–water partition coefficient (Wildman–Crippen LogP) is 2.90. The zero-order valence-electron chi connectivity index (χ0n) is 19.0. The van der Waals surface area contributed by atoms with Crippen molar-refractivity contribution in [2.45, 2.75) is 42.8 Å². The summed E-state index contributed by atoms with van der Waals surface area (Å²) >= 11 is 1.43. The summed E-state index contributed by atoms with van der Waals surface area (Å²) < 4.78 is 5.98. The number of benzene rings is 2. The number of nitrogens with zero attached hydrogens (tertiary/aromatic N) is 1. The van der Waals surface area contributed by atoms with Crippen molar-refractivity contribution in [2.24, 2.45) is 0 Å². The van der Waals surface area contributed by atoms with Gasteiger partial charge >= 0.3 is 11.9 Å². The van der Waals surface area contributed by atoms with Crippen LogP contribution < -0.4 is 5.32 Å². The van der Waals surface area contributed by atoms with Gasteiger partial charge in [0.1, 0.15) is 11.4 Å². The second kappa shape index (κ2) is 10.8. The van der Waals surface area contributed by atoms with Crippen LogP contribution in [0.2, 0.25) is 0 Å². The van der Waals surface area contributed by atoms with Gasteiger partial charge in [-0.3, -0.25) is 14.4 Å². The SMILES string of the molecule is C=C1CS[C@@H]2[C@H](NC(=O)CCCC(=O)O)C(=O)N2C1C(=O)OC(c1ccccc1)c1ccccc1. The van der Waals surface area contributed by atoms with Crippen LogP contribution in [0, 0.1) is 0 Å². The van der Waals surface area contributed by atoms with Gasteiger partial charge in [-0.05, 0) is 23.1 Å². The maximum Gasteiger partial charge on any atom is 0.334 e. The molecule has 2 amide bonds. The predicted molar refractivity (Wildman–Crippen MR) is 130 cm³/mol. The zero-order chi connectivity index (χ0) is 24.9. The molecule has 1 unspecified atom stereocenters. The van der Waals surface area contributed by atoms with E-state index in [1.807, 2.05) is 60.7 Å². The monoisotopic (exact) mass is 494 g/mol. The molecule has 3 atom stereocenters. The molecule has 2 aliphatic heterocycles. The van der Waals surface area contributed by atoms with Crippen molar-refractivity contribution in [1.82, 2.24) is 10.2 Å². The van der Waals surface area contributed by atoms with Crippen LogP contribution in [0.3, 0.4) is 0 Å². The fraction of sp³-hybridized carbons (Fsp3) is 0.308. The van der Waals surface area contributed by atoms with E-state index in [4.69, 9.17) is 9.84 Å². The molecule has 0 bridgehead atoms. The van der Waals surface area contributed by atoms with Crippen LogP contribution in [0.1, 0.15) is 36.5 Å². The Morgan fingerprint density at radius 2 is 1.66 bits per heavy atom. The van der Waals surface area contributed by atoms with Crippen molar-refractivity contribution in [2.75, 3.05) is 5.75 Å². The number of ether oxygens (including phenoxy) is 1. The lowest BCUT2D eigenvalue weighted by Gasteiger charge is -2.52. The lowest BCUT2D eigenvalue weighted by Crippen LogP contribution is -2.74. The topological polar surface area (TPSA) is 113 Å². The molecule has 8 nitrogen and oxygen atoms in total. The van der Waals surface area contributed by atoms with Crippen molar-refractivity contribution in [3.05, 3.63) is 83.9 Å². The van der Waals surface area contributed by atoms with E-state index in [0.29, 0.717) is 11.3 Å². The third kappa shape index (κ3) is 5.40. The summed E-state index contributed by atoms with van der Waals surface area (Å²) in [5, 5.41) is 11.0. The Hall–Kier alpha value is -3.59. The number of β-lactam (4-membered cyclic amide) rings is 1. The summed E-state index contributed by atoms with van der Waals surface area (Å²) in [7, 11) is 0. The summed E-state index contributed by atoms with van der Waals surface area (Å²) in [5.74, 6) is -1.87. The van der Waals surface area contributed by atoms with Crippen molar-refractivity contribution >= 4 is 35.5 Å². The summed E-state index contributed by atoms with van der Waals surface area (Å²) in [6.07, 6.45) is -0.558. The fourth-order valence-electron chi connectivity index (χ4n) is 4.23. The van der Waals surface area contributed by atoms with Gasteiger partial charge in [-0.2, -0.15) is 0 Å². The van der Waals surface area contributed by atoms with E-state index in [1.54, 1.807) is 0 Å². The van der Waals surface area contributed by atoms with E-state index < -0.39 is 35.5 Å². The third-order valence-corrected chi connectivity index (χ3v) is 7.34. The molecule has 0 spiro atoms. The van der Waals surface area contributed by atoms with Crippen LogP contribution in [0.4, 0.5) is 0 Å². The van der Waals surface area contributed by atoms with Gasteiger partial charge in [0.25, 0.3) is 0 Å². The normalized spacial score (nSPS) is 21.2. The number of carbonyl (C=O) groups excluding carboxylic acids is 3. The summed E-state index contributed by atoms with van der Waals surface area (Å²) in [5.41, 5.74) is 2.18. The lowest BCUT2D eigenvalue weighted by molar-refractivity contribution is -0.165. The fourth-order valence-corrected chi connectivity index (χ4v) is 5.53. The van der Waals surface area contributed by atoms with Crippen LogP contribution in [0.5, 0.6) is 0 Å². The third-order valence-electron chi connectivity index (χ3n) is 5.96. The van der Waals surface area contributed by atoms with Gasteiger partial charge in [0, 0.05) is 18.6 Å². The van der Waals surface area contributed by atoms with Gasteiger partial charge in [-0.15, -0.1) is 11.8 Å². The molecular weight excluding hydrogens is 468 g/mol. The van der Waals surface area contributed by atoms with Crippen molar-refractivity contribution in [1.29, 1.82) is 0 Å². The molecule has 2 aromatic carbocycles. The first-order valence-corrected chi connectivity index (χ1v) is 12.3. The van der Waals surface area contributed by atoms with E-state index in [9.17, 15) is 19.2 Å². The summed E-state index contributed by atoms with van der Waals surface area (Å²) in [4.78, 5) is 50.6.